The van der Waals surface area contributed by atoms with Gasteiger partial charge in [-0.1, -0.05) is 12.7 Å². The Kier molecular flexibility index (Phi) is 4.61. The minimum absolute atomic E-state index is 0.0607. The molecule has 0 aliphatic rings. The molecule has 0 saturated heterocycles. The Hall–Kier alpha value is -2.44. The molecule has 0 aliphatic heterocycles. The number of rotatable bonds is 5. The number of carbonyl (C=O) groups is 2. The summed E-state index contributed by atoms with van der Waals surface area (Å²) in [4.78, 5) is 29.2. The molecule has 17 heavy (non-hydrogen) atoms. The van der Waals surface area contributed by atoms with Gasteiger partial charge in [0.15, 0.2) is 0 Å². The van der Waals surface area contributed by atoms with Crippen molar-refractivity contribution < 1.29 is 19.4 Å². The van der Waals surface area contributed by atoms with Gasteiger partial charge in [0.1, 0.15) is 18.8 Å². The minimum atomic E-state index is -1.04. The van der Waals surface area contributed by atoms with Gasteiger partial charge in [-0.05, 0) is 0 Å². The van der Waals surface area contributed by atoms with Crippen LogP contribution < -0.4 is 5.32 Å². The number of aliphatic carboxylic acids is 1. The van der Waals surface area contributed by atoms with E-state index >= 15 is 0 Å². The van der Waals surface area contributed by atoms with Crippen LogP contribution in [0.25, 0.3) is 0 Å². The number of nitrogens with zero attached hydrogens (tertiary/aromatic N) is 2. The third-order valence-electron chi connectivity index (χ3n) is 1.68. The lowest BCUT2D eigenvalue weighted by atomic mass is 10.2. The van der Waals surface area contributed by atoms with Gasteiger partial charge in [-0.3, -0.25) is 10.1 Å². The summed E-state index contributed by atoms with van der Waals surface area (Å²) in [5.41, 5.74) is 0.301. The lowest BCUT2D eigenvalue weighted by molar-refractivity contribution is -0.136. The fourth-order valence-corrected chi connectivity index (χ4v) is 1.03. The van der Waals surface area contributed by atoms with Crippen molar-refractivity contribution in [1.82, 2.24) is 9.97 Å². The number of amides is 1. The van der Waals surface area contributed by atoms with Crippen molar-refractivity contribution >= 4 is 17.9 Å². The van der Waals surface area contributed by atoms with Gasteiger partial charge in [0, 0.05) is 11.8 Å². The molecule has 1 aromatic heterocycles. The highest BCUT2D eigenvalue weighted by Crippen LogP contribution is 2.10. The van der Waals surface area contributed by atoms with Crippen LogP contribution in [0.3, 0.4) is 0 Å². The Morgan fingerprint density at radius 3 is 3.00 bits per heavy atom. The highest BCUT2D eigenvalue weighted by Gasteiger charge is 2.11. The van der Waals surface area contributed by atoms with Gasteiger partial charge < -0.3 is 9.84 Å². The lowest BCUT2D eigenvalue weighted by Crippen LogP contribution is -2.17. The molecule has 0 aliphatic carbocycles. The molecular formula is C10H11N3O4. The molecule has 7 heteroatoms. The summed E-state index contributed by atoms with van der Waals surface area (Å²) in [6.45, 7) is 3.45. The zero-order chi connectivity index (χ0) is 12.7. The highest BCUT2D eigenvalue weighted by molar-refractivity contribution is 5.85. The summed E-state index contributed by atoms with van der Waals surface area (Å²) in [5.74, 6) is -0.918. The van der Waals surface area contributed by atoms with Crippen LogP contribution in [-0.4, -0.2) is 33.7 Å². The summed E-state index contributed by atoms with van der Waals surface area (Å²) < 4.78 is 4.68. The summed E-state index contributed by atoms with van der Waals surface area (Å²) in [7, 11) is 0. The van der Waals surface area contributed by atoms with Crippen molar-refractivity contribution in [3.8, 4) is 0 Å². The van der Waals surface area contributed by atoms with Crippen molar-refractivity contribution in [2.75, 3.05) is 11.9 Å². The second kappa shape index (κ2) is 6.21. The predicted octanol–water partition coefficient (Wildman–Crippen LogP) is 0.838. The average Bonchev–Trinajstić information content (AvgIpc) is 2.28. The van der Waals surface area contributed by atoms with Crippen LogP contribution in [0.5, 0.6) is 0 Å². The van der Waals surface area contributed by atoms with E-state index in [0.717, 1.165) is 0 Å². The van der Waals surface area contributed by atoms with E-state index in [2.05, 4.69) is 26.6 Å². The highest BCUT2D eigenvalue weighted by atomic mass is 16.5. The van der Waals surface area contributed by atoms with Gasteiger partial charge in [-0.25, -0.2) is 14.8 Å². The molecule has 0 fully saturated rings. The Balaban J connectivity index is 2.72. The van der Waals surface area contributed by atoms with E-state index in [1.807, 2.05) is 0 Å². The fraction of sp³-hybridized carbons (Fsp3) is 0.200. The Labute approximate surface area is 97.2 Å². The molecule has 7 nitrogen and oxygen atoms in total. The van der Waals surface area contributed by atoms with Crippen LogP contribution in [0.15, 0.2) is 25.2 Å². The summed E-state index contributed by atoms with van der Waals surface area (Å²) in [6.07, 6.45) is 2.93. The molecule has 1 heterocycles. The first-order chi connectivity index (χ1) is 8.13. The molecule has 0 bridgehead atoms. The third-order valence-corrected chi connectivity index (χ3v) is 1.68. The Bertz CT molecular complexity index is 433. The first-order valence-electron chi connectivity index (χ1n) is 4.69. The molecule has 2 N–H and O–H groups in total. The maximum Gasteiger partial charge on any atom is 0.413 e. The first kappa shape index (κ1) is 12.6. The Morgan fingerprint density at radius 1 is 1.59 bits per heavy atom. The molecule has 1 amide bonds. The van der Waals surface area contributed by atoms with E-state index < -0.39 is 12.1 Å². The second-order valence-electron chi connectivity index (χ2n) is 2.98. The maximum absolute atomic E-state index is 11.2. The number of hydrogen-bond donors (Lipinski definition) is 2. The monoisotopic (exact) mass is 237 g/mol. The molecular weight excluding hydrogens is 226 g/mol. The molecule has 0 atom stereocenters. The number of carbonyl (C=O) groups excluding carboxylic acids is 1. The zero-order valence-corrected chi connectivity index (χ0v) is 8.92. The quantitative estimate of drug-likeness (QED) is 0.736. The standard InChI is InChI=1S/C10H11N3O4/c1-2-3-17-10(16)13-9-7(4-8(14)15)5-11-6-12-9/h2,5-6H,1,3-4H2,(H,14,15)(H,11,12,13,16). The molecule has 0 spiro atoms. The second-order valence-corrected chi connectivity index (χ2v) is 2.98. The third kappa shape index (κ3) is 4.29. The van der Waals surface area contributed by atoms with Crippen molar-refractivity contribution in [1.29, 1.82) is 0 Å². The average molecular weight is 237 g/mol. The normalized spacial score (nSPS) is 9.41. The predicted molar refractivity (Wildman–Crippen MR) is 58.5 cm³/mol. The van der Waals surface area contributed by atoms with Gasteiger partial charge in [0.2, 0.25) is 0 Å². The van der Waals surface area contributed by atoms with Crippen molar-refractivity contribution in [2.24, 2.45) is 0 Å². The Morgan fingerprint density at radius 2 is 2.35 bits per heavy atom. The molecule has 90 valence electrons. The first-order valence-corrected chi connectivity index (χ1v) is 4.69. The van der Waals surface area contributed by atoms with Crippen LogP contribution in [0.2, 0.25) is 0 Å². The van der Waals surface area contributed by atoms with E-state index in [1.165, 1.54) is 18.6 Å². The largest absolute Gasteiger partial charge is 0.481 e. The smallest absolute Gasteiger partial charge is 0.413 e. The lowest BCUT2D eigenvalue weighted by Gasteiger charge is -2.07. The number of ether oxygens (including phenoxy) is 1. The maximum atomic E-state index is 11.2. The van der Waals surface area contributed by atoms with E-state index in [0.29, 0.717) is 5.56 Å². The van der Waals surface area contributed by atoms with Crippen LogP contribution in [0.4, 0.5) is 10.6 Å². The van der Waals surface area contributed by atoms with E-state index in [-0.39, 0.29) is 18.8 Å². The number of aromatic nitrogens is 2. The van der Waals surface area contributed by atoms with E-state index in [4.69, 9.17) is 5.11 Å². The number of carboxylic acids is 1. The summed E-state index contributed by atoms with van der Waals surface area (Å²) >= 11 is 0. The van der Waals surface area contributed by atoms with Gasteiger partial charge in [-0.15, -0.1) is 0 Å². The number of hydrogen-bond acceptors (Lipinski definition) is 5. The van der Waals surface area contributed by atoms with Crippen molar-refractivity contribution in [3.63, 3.8) is 0 Å². The van der Waals surface area contributed by atoms with Gasteiger partial charge >= 0.3 is 12.1 Å². The van der Waals surface area contributed by atoms with Crippen LogP contribution >= 0.6 is 0 Å². The van der Waals surface area contributed by atoms with Gasteiger partial charge in [0.25, 0.3) is 0 Å². The van der Waals surface area contributed by atoms with Crippen molar-refractivity contribution in [3.05, 3.63) is 30.7 Å². The molecule has 0 radical (unpaired) electrons. The molecule has 1 aromatic rings. The van der Waals surface area contributed by atoms with E-state index in [9.17, 15) is 9.59 Å². The SMILES string of the molecule is C=CCOC(=O)Nc1ncncc1CC(=O)O. The van der Waals surface area contributed by atoms with Gasteiger partial charge in [0.05, 0.1) is 6.42 Å². The van der Waals surface area contributed by atoms with Crippen LogP contribution in [-0.2, 0) is 16.0 Å². The molecule has 0 unspecified atom stereocenters. The van der Waals surface area contributed by atoms with Crippen molar-refractivity contribution in [2.45, 2.75) is 6.42 Å². The molecule has 0 saturated carbocycles. The molecule has 1 rings (SSSR count). The van der Waals surface area contributed by atoms with Crippen LogP contribution in [0.1, 0.15) is 5.56 Å². The van der Waals surface area contributed by atoms with E-state index in [1.54, 1.807) is 0 Å². The number of carboxylic acid groups (broad SMARTS) is 1. The fourth-order valence-electron chi connectivity index (χ4n) is 1.03. The summed E-state index contributed by atoms with van der Waals surface area (Å²) in [5, 5.41) is 11.0. The minimum Gasteiger partial charge on any atom is -0.481 e. The topological polar surface area (TPSA) is 101 Å². The number of nitrogens with one attached hydrogen (secondary N) is 1. The zero-order valence-electron chi connectivity index (χ0n) is 8.92. The summed E-state index contributed by atoms with van der Waals surface area (Å²) in [6, 6.07) is 0. The van der Waals surface area contributed by atoms with Crippen LogP contribution in [0, 0.1) is 0 Å². The van der Waals surface area contributed by atoms with Gasteiger partial charge in [-0.2, -0.15) is 0 Å². The number of anilines is 1. The molecule has 0 aromatic carbocycles.